The van der Waals surface area contributed by atoms with E-state index >= 15 is 0 Å². The van der Waals surface area contributed by atoms with Crippen molar-refractivity contribution < 1.29 is 9.53 Å². The van der Waals surface area contributed by atoms with Gasteiger partial charge in [0.15, 0.2) is 0 Å². The van der Waals surface area contributed by atoms with Gasteiger partial charge in [0.05, 0.1) is 6.21 Å². The van der Waals surface area contributed by atoms with Crippen LogP contribution < -0.4 is 15.5 Å². The number of carbonyl (C=O) groups excluding carboxylic acids is 1. The Morgan fingerprint density at radius 3 is 2.42 bits per heavy atom. The van der Waals surface area contributed by atoms with Crippen LogP contribution in [0.3, 0.4) is 0 Å². The first kappa shape index (κ1) is 20.2. The van der Waals surface area contributed by atoms with Crippen molar-refractivity contribution in [3.63, 3.8) is 0 Å². The van der Waals surface area contributed by atoms with Crippen molar-refractivity contribution in [1.29, 1.82) is 0 Å². The average molecular weight is 409 g/mol. The minimum absolute atomic E-state index is 0.221. The summed E-state index contributed by atoms with van der Waals surface area (Å²) in [6, 6.07) is 30.8. The molecule has 5 nitrogen and oxygen atoms in total. The van der Waals surface area contributed by atoms with E-state index < -0.39 is 6.04 Å². The first-order valence-corrected chi connectivity index (χ1v) is 10.1. The molecule has 0 radical (unpaired) electrons. The minimum Gasteiger partial charge on any atom is -0.457 e. The molecule has 0 aliphatic heterocycles. The number of benzene rings is 4. The molecule has 0 fully saturated rings. The number of amides is 1. The predicted molar refractivity (Wildman–Crippen MR) is 126 cm³/mol. The molecule has 0 bridgehead atoms. The van der Waals surface area contributed by atoms with Crippen LogP contribution in [-0.4, -0.2) is 18.2 Å². The third kappa shape index (κ3) is 5.48. The normalized spacial score (nSPS) is 11.9. The van der Waals surface area contributed by atoms with Gasteiger partial charge >= 0.3 is 0 Å². The van der Waals surface area contributed by atoms with E-state index in [2.05, 4.69) is 21.9 Å². The molecule has 0 aliphatic rings. The van der Waals surface area contributed by atoms with E-state index in [1.165, 1.54) is 0 Å². The van der Waals surface area contributed by atoms with Crippen molar-refractivity contribution in [3.05, 3.63) is 103 Å². The van der Waals surface area contributed by atoms with Crippen LogP contribution in [0.25, 0.3) is 10.8 Å². The van der Waals surface area contributed by atoms with Crippen molar-refractivity contribution in [2.75, 3.05) is 5.32 Å². The van der Waals surface area contributed by atoms with E-state index in [1.54, 1.807) is 13.1 Å². The van der Waals surface area contributed by atoms with Crippen molar-refractivity contribution in [1.82, 2.24) is 5.43 Å². The number of nitrogens with one attached hydrogen (secondary N) is 2. The maximum Gasteiger partial charge on any atom is 0.262 e. The highest BCUT2D eigenvalue weighted by Crippen LogP contribution is 2.21. The zero-order valence-corrected chi connectivity index (χ0v) is 17.2. The van der Waals surface area contributed by atoms with Crippen LogP contribution in [0.1, 0.15) is 12.5 Å². The van der Waals surface area contributed by atoms with Crippen molar-refractivity contribution in [2.24, 2.45) is 5.10 Å². The van der Waals surface area contributed by atoms with Gasteiger partial charge in [0.2, 0.25) is 0 Å². The van der Waals surface area contributed by atoms with Crippen LogP contribution in [0, 0.1) is 0 Å². The molecule has 31 heavy (non-hydrogen) atoms. The molecule has 0 aromatic heterocycles. The summed E-state index contributed by atoms with van der Waals surface area (Å²) >= 11 is 0. The van der Waals surface area contributed by atoms with Crippen LogP contribution >= 0.6 is 0 Å². The van der Waals surface area contributed by atoms with E-state index in [0.29, 0.717) is 5.75 Å². The Bertz CT molecular complexity index is 1210. The highest BCUT2D eigenvalue weighted by Gasteiger charge is 2.11. The Morgan fingerprint density at radius 2 is 1.58 bits per heavy atom. The molecule has 154 valence electrons. The maximum absolute atomic E-state index is 12.4. The molecule has 4 aromatic rings. The molecule has 0 heterocycles. The Kier molecular flexibility index (Phi) is 6.24. The van der Waals surface area contributed by atoms with Crippen LogP contribution in [0.4, 0.5) is 5.69 Å². The summed E-state index contributed by atoms with van der Waals surface area (Å²) in [5, 5.41) is 9.58. The van der Waals surface area contributed by atoms with Gasteiger partial charge in [-0.05, 0) is 59.7 Å². The fraction of sp³-hybridized carbons (Fsp3) is 0.0769. The highest BCUT2D eigenvalue weighted by atomic mass is 16.5. The minimum atomic E-state index is -0.439. The number of nitrogens with zero attached hydrogens (tertiary/aromatic N) is 1. The summed E-state index contributed by atoms with van der Waals surface area (Å²) in [5.74, 6) is 1.24. The monoisotopic (exact) mass is 409 g/mol. The number of fused-ring (bicyclic) bond motifs is 1. The van der Waals surface area contributed by atoms with Crippen LogP contribution in [-0.2, 0) is 4.79 Å². The van der Waals surface area contributed by atoms with Crippen LogP contribution in [0.2, 0.25) is 0 Å². The first-order chi connectivity index (χ1) is 15.2. The second kappa shape index (κ2) is 9.59. The lowest BCUT2D eigenvalue weighted by molar-refractivity contribution is -0.121. The van der Waals surface area contributed by atoms with Gasteiger partial charge in [-0.1, -0.05) is 60.7 Å². The molecular weight excluding hydrogens is 386 g/mol. The van der Waals surface area contributed by atoms with E-state index in [-0.39, 0.29) is 5.91 Å². The molecule has 1 atom stereocenters. The zero-order chi connectivity index (χ0) is 21.5. The van der Waals surface area contributed by atoms with Crippen LogP contribution in [0.15, 0.2) is 102 Å². The first-order valence-electron chi connectivity index (χ1n) is 10.1. The summed E-state index contributed by atoms with van der Waals surface area (Å²) < 4.78 is 5.82. The lowest BCUT2D eigenvalue weighted by Gasteiger charge is -2.14. The van der Waals surface area contributed by atoms with E-state index in [9.17, 15) is 4.79 Å². The second-order valence-electron chi connectivity index (χ2n) is 7.15. The maximum atomic E-state index is 12.4. The lowest BCUT2D eigenvalue weighted by atomic mass is 10.1. The highest BCUT2D eigenvalue weighted by molar-refractivity contribution is 5.89. The number of carbonyl (C=O) groups is 1. The molecule has 0 aliphatic carbocycles. The van der Waals surface area contributed by atoms with Gasteiger partial charge in [0.25, 0.3) is 5.91 Å². The summed E-state index contributed by atoms with van der Waals surface area (Å²) in [4.78, 5) is 12.4. The molecule has 0 spiro atoms. The second-order valence-corrected chi connectivity index (χ2v) is 7.15. The smallest absolute Gasteiger partial charge is 0.262 e. The Morgan fingerprint density at radius 1 is 0.839 bits per heavy atom. The van der Waals surface area contributed by atoms with Crippen molar-refractivity contribution >= 4 is 28.6 Å². The van der Waals surface area contributed by atoms with E-state index in [0.717, 1.165) is 27.8 Å². The number of anilines is 1. The summed E-state index contributed by atoms with van der Waals surface area (Å²) in [5.41, 5.74) is 4.29. The van der Waals surface area contributed by atoms with Gasteiger partial charge in [0.1, 0.15) is 17.5 Å². The molecule has 2 N–H and O–H groups in total. The molecule has 4 rings (SSSR count). The molecule has 0 saturated heterocycles. The van der Waals surface area contributed by atoms with Crippen molar-refractivity contribution in [3.8, 4) is 11.5 Å². The number of rotatable bonds is 7. The SMILES string of the molecule is C[C@@H](Nc1ccc2ccccc2c1)C(=O)N/N=C\c1cccc(Oc2ccccc2)c1. The van der Waals surface area contributed by atoms with Crippen LogP contribution in [0.5, 0.6) is 11.5 Å². The average Bonchev–Trinajstić information content (AvgIpc) is 2.80. The summed E-state index contributed by atoms with van der Waals surface area (Å²) in [6.07, 6.45) is 1.60. The fourth-order valence-corrected chi connectivity index (χ4v) is 3.14. The Hall–Kier alpha value is -4.12. The van der Waals surface area contributed by atoms with E-state index in [1.807, 2.05) is 91.0 Å². The van der Waals surface area contributed by atoms with Gasteiger partial charge < -0.3 is 10.1 Å². The summed E-state index contributed by atoms with van der Waals surface area (Å²) in [6.45, 7) is 1.80. The fourth-order valence-electron chi connectivity index (χ4n) is 3.14. The molecule has 1 amide bonds. The van der Waals surface area contributed by atoms with Gasteiger partial charge in [0, 0.05) is 5.69 Å². The molecule has 0 unspecified atom stereocenters. The predicted octanol–water partition coefficient (Wildman–Crippen LogP) is 5.58. The van der Waals surface area contributed by atoms with Crippen molar-refractivity contribution in [2.45, 2.75) is 13.0 Å². The van der Waals surface area contributed by atoms with E-state index in [4.69, 9.17) is 4.74 Å². The third-order valence-corrected chi connectivity index (χ3v) is 4.75. The quantitative estimate of drug-likeness (QED) is 0.309. The van der Waals surface area contributed by atoms with Gasteiger partial charge in [-0.15, -0.1) is 0 Å². The van der Waals surface area contributed by atoms with Gasteiger partial charge in [-0.25, -0.2) is 5.43 Å². The molecule has 0 saturated carbocycles. The topological polar surface area (TPSA) is 62.7 Å². The number of hydrogen-bond acceptors (Lipinski definition) is 4. The zero-order valence-electron chi connectivity index (χ0n) is 17.2. The molecule has 5 heteroatoms. The number of para-hydroxylation sites is 1. The molecule has 4 aromatic carbocycles. The Labute approximate surface area is 181 Å². The number of hydrogen-bond donors (Lipinski definition) is 2. The largest absolute Gasteiger partial charge is 0.457 e. The molecular formula is C26H23N3O2. The lowest BCUT2D eigenvalue weighted by Crippen LogP contribution is -2.34. The Balaban J connectivity index is 1.33. The number of ether oxygens (including phenoxy) is 1. The summed E-state index contributed by atoms with van der Waals surface area (Å²) in [7, 11) is 0. The number of hydrazone groups is 1. The van der Waals surface area contributed by atoms with Gasteiger partial charge in [-0.3, -0.25) is 4.79 Å². The third-order valence-electron chi connectivity index (χ3n) is 4.75. The van der Waals surface area contributed by atoms with Gasteiger partial charge in [-0.2, -0.15) is 5.10 Å². The standard InChI is InChI=1S/C26H23N3O2/c1-19(28-23-15-14-21-9-5-6-10-22(21)17-23)26(30)29-27-18-20-8-7-13-25(16-20)31-24-11-3-2-4-12-24/h2-19,28H,1H3,(H,29,30)/b27-18-/t19-/m1/s1.